The number of ether oxygens (including phenoxy) is 1. The highest BCUT2D eigenvalue weighted by atomic mass is 79.9. The standard InChI is InChI=1S/C15H11BrCl2F2O/c16-11(7-9-5-6-12(17)13(18)8-9)10-3-1-2-4-14(10)21-15(19)20/h1-6,8,11,15H,7H2. The van der Waals surface area contributed by atoms with E-state index in [1.807, 2.05) is 6.07 Å². The predicted octanol–water partition coefficient (Wildman–Crippen LogP) is 6.27. The van der Waals surface area contributed by atoms with Crippen LogP contribution in [0.3, 0.4) is 0 Å². The van der Waals surface area contributed by atoms with E-state index in [0.29, 0.717) is 22.0 Å². The zero-order valence-corrected chi connectivity index (χ0v) is 13.8. The number of halogens is 5. The van der Waals surface area contributed by atoms with E-state index in [1.165, 1.54) is 6.07 Å². The summed E-state index contributed by atoms with van der Waals surface area (Å²) in [5, 5.41) is 0.943. The van der Waals surface area contributed by atoms with Gasteiger partial charge in [-0.25, -0.2) is 0 Å². The van der Waals surface area contributed by atoms with Crippen LogP contribution in [0.15, 0.2) is 42.5 Å². The molecule has 0 heterocycles. The lowest BCUT2D eigenvalue weighted by molar-refractivity contribution is -0.0504. The minimum Gasteiger partial charge on any atom is -0.435 e. The minimum absolute atomic E-state index is 0.162. The van der Waals surface area contributed by atoms with Crippen LogP contribution < -0.4 is 4.74 Å². The first-order valence-corrected chi connectivity index (χ1v) is 7.76. The lowest BCUT2D eigenvalue weighted by Gasteiger charge is -2.15. The van der Waals surface area contributed by atoms with Crippen molar-refractivity contribution < 1.29 is 13.5 Å². The summed E-state index contributed by atoms with van der Waals surface area (Å²) in [5.74, 6) is 0.162. The van der Waals surface area contributed by atoms with Gasteiger partial charge < -0.3 is 4.74 Å². The van der Waals surface area contributed by atoms with E-state index in [-0.39, 0.29) is 10.6 Å². The topological polar surface area (TPSA) is 9.23 Å². The van der Waals surface area contributed by atoms with Crippen LogP contribution in [-0.2, 0) is 6.42 Å². The van der Waals surface area contributed by atoms with Crippen LogP contribution in [0, 0.1) is 0 Å². The summed E-state index contributed by atoms with van der Waals surface area (Å²) in [6.45, 7) is -2.85. The van der Waals surface area contributed by atoms with E-state index in [9.17, 15) is 8.78 Å². The molecule has 21 heavy (non-hydrogen) atoms. The molecule has 0 aliphatic heterocycles. The molecule has 2 aromatic carbocycles. The Labute approximate surface area is 140 Å². The second-order valence-corrected chi connectivity index (χ2v) is 6.26. The smallest absolute Gasteiger partial charge is 0.387 e. The Morgan fingerprint density at radius 3 is 2.43 bits per heavy atom. The van der Waals surface area contributed by atoms with Gasteiger partial charge in [-0.3, -0.25) is 0 Å². The van der Waals surface area contributed by atoms with Crippen LogP contribution in [0.1, 0.15) is 16.0 Å². The number of hydrogen-bond donors (Lipinski definition) is 0. The first-order chi connectivity index (χ1) is 9.97. The molecule has 0 aromatic heterocycles. The maximum atomic E-state index is 12.4. The maximum Gasteiger partial charge on any atom is 0.387 e. The molecule has 0 aliphatic carbocycles. The van der Waals surface area contributed by atoms with Crippen LogP contribution in [0.5, 0.6) is 5.75 Å². The third kappa shape index (κ3) is 4.56. The normalized spacial score (nSPS) is 12.5. The van der Waals surface area contributed by atoms with Gasteiger partial charge in [-0.05, 0) is 30.2 Å². The highest BCUT2D eigenvalue weighted by Crippen LogP contribution is 2.35. The molecule has 0 aliphatic rings. The Kier molecular flexibility index (Phi) is 5.85. The summed E-state index contributed by atoms with van der Waals surface area (Å²) in [5.41, 5.74) is 1.60. The summed E-state index contributed by atoms with van der Waals surface area (Å²) < 4.78 is 29.4. The van der Waals surface area contributed by atoms with Crippen molar-refractivity contribution in [2.45, 2.75) is 17.9 Å². The molecule has 0 saturated carbocycles. The molecule has 0 N–H and O–H groups in total. The molecular weight excluding hydrogens is 385 g/mol. The highest BCUT2D eigenvalue weighted by molar-refractivity contribution is 9.09. The zero-order chi connectivity index (χ0) is 15.4. The second-order valence-electron chi connectivity index (χ2n) is 4.34. The average molecular weight is 396 g/mol. The van der Waals surface area contributed by atoms with Gasteiger partial charge in [0.1, 0.15) is 5.75 Å². The molecule has 0 saturated heterocycles. The molecule has 0 spiro atoms. The van der Waals surface area contributed by atoms with Crippen LogP contribution in [-0.4, -0.2) is 6.61 Å². The molecule has 2 aromatic rings. The Hall–Kier alpha value is -0.840. The van der Waals surface area contributed by atoms with Crippen molar-refractivity contribution in [3.05, 3.63) is 63.6 Å². The SMILES string of the molecule is FC(F)Oc1ccccc1C(Br)Cc1ccc(Cl)c(Cl)c1. The number of rotatable bonds is 5. The van der Waals surface area contributed by atoms with Crippen molar-refractivity contribution in [3.8, 4) is 5.75 Å². The van der Waals surface area contributed by atoms with Gasteiger partial charge in [0.25, 0.3) is 0 Å². The molecule has 0 radical (unpaired) electrons. The number of hydrogen-bond acceptors (Lipinski definition) is 1. The maximum absolute atomic E-state index is 12.4. The number of para-hydroxylation sites is 1. The van der Waals surface area contributed by atoms with Crippen LogP contribution in [0.4, 0.5) is 8.78 Å². The van der Waals surface area contributed by atoms with Gasteiger partial charge >= 0.3 is 6.61 Å². The number of alkyl halides is 3. The molecular formula is C15H11BrCl2F2O. The van der Waals surface area contributed by atoms with E-state index >= 15 is 0 Å². The minimum atomic E-state index is -2.85. The molecule has 0 amide bonds. The van der Waals surface area contributed by atoms with Gasteiger partial charge in [0.05, 0.1) is 10.0 Å². The van der Waals surface area contributed by atoms with Gasteiger partial charge in [0.15, 0.2) is 0 Å². The quantitative estimate of drug-likeness (QED) is 0.541. The summed E-state index contributed by atoms with van der Waals surface area (Å²) in [6.07, 6.45) is 0.570. The molecule has 1 nitrogen and oxygen atoms in total. The van der Waals surface area contributed by atoms with Crippen molar-refractivity contribution in [3.63, 3.8) is 0 Å². The van der Waals surface area contributed by atoms with Gasteiger partial charge in [0, 0.05) is 10.4 Å². The van der Waals surface area contributed by atoms with Crippen molar-refractivity contribution >= 4 is 39.1 Å². The molecule has 0 bridgehead atoms. The first kappa shape index (κ1) is 16.5. The van der Waals surface area contributed by atoms with Crippen molar-refractivity contribution in [2.24, 2.45) is 0 Å². The third-order valence-electron chi connectivity index (χ3n) is 2.87. The molecule has 1 atom stereocenters. The predicted molar refractivity (Wildman–Crippen MR) is 84.9 cm³/mol. The molecule has 1 unspecified atom stereocenters. The Bertz CT molecular complexity index is 622. The molecule has 112 valence electrons. The third-order valence-corrected chi connectivity index (χ3v) is 4.43. The lowest BCUT2D eigenvalue weighted by Crippen LogP contribution is -2.06. The molecule has 2 rings (SSSR count). The van der Waals surface area contributed by atoms with Gasteiger partial charge in [-0.15, -0.1) is 0 Å². The Balaban J connectivity index is 2.19. The summed E-state index contributed by atoms with van der Waals surface area (Å²) >= 11 is 15.3. The van der Waals surface area contributed by atoms with Crippen molar-refractivity contribution in [2.75, 3.05) is 0 Å². The second kappa shape index (κ2) is 7.43. The van der Waals surface area contributed by atoms with E-state index in [4.69, 9.17) is 23.2 Å². The van der Waals surface area contributed by atoms with Gasteiger partial charge in [-0.1, -0.05) is 63.4 Å². The molecule has 6 heteroatoms. The highest BCUT2D eigenvalue weighted by Gasteiger charge is 2.16. The van der Waals surface area contributed by atoms with Crippen LogP contribution in [0.25, 0.3) is 0 Å². The Morgan fingerprint density at radius 2 is 1.76 bits per heavy atom. The number of benzene rings is 2. The van der Waals surface area contributed by atoms with Crippen LogP contribution in [0.2, 0.25) is 10.0 Å². The van der Waals surface area contributed by atoms with Crippen molar-refractivity contribution in [1.29, 1.82) is 0 Å². The van der Waals surface area contributed by atoms with Crippen LogP contribution >= 0.6 is 39.1 Å². The average Bonchev–Trinajstić information content (AvgIpc) is 2.43. The van der Waals surface area contributed by atoms with E-state index in [2.05, 4.69) is 20.7 Å². The fourth-order valence-electron chi connectivity index (χ4n) is 1.93. The molecule has 0 fully saturated rings. The fraction of sp³-hybridized carbons (Fsp3) is 0.200. The summed E-state index contributed by atoms with van der Waals surface area (Å²) in [6, 6.07) is 12.0. The lowest BCUT2D eigenvalue weighted by atomic mass is 10.0. The van der Waals surface area contributed by atoms with Gasteiger partial charge in [-0.2, -0.15) is 8.78 Å². The van der Waals surface area contributed by atoms with E-state index in [1.54, 1.807) is 30.3 Å². The van der Waals surface area contributed by atoms with E-state index in [0.717, 1.165) is 5.56 Å². The first-order valence-electron chi connectivity index (χ1n) is 6.09. The zero-order valence-electron chi connectivity index (χ0n) is 10.7. The fourth-order valence-corrected chi connectivity index (χ4v) is 3.00. The monoisotopic (exact) mass is 394 g/mol. The van der Waals surface area contributed by atoms with Crippen molar-refractivity contribution in [1.82, 2.24) is 0 Å². The summed E-state index contributed by atoms with van der Waals surface area (Å²) in [7, 11) is 0. The van der Waals surface area contributed by atoms with Gasteiger partial charge in [0.2, 0.25) is 0 Å². The van der Waals surface area contributed by atoms with E-state index < -0.39 is 6.61 Å². The summed E-state index contributed by atoms with van der Waals surface area (Å²) in [4.78, 5) is -0.176. The Morgan fingerprint density at radius 1 is 1.05 bits per heavy atom. The largest absolute Gasteiger partial charge is 0.435 e.